The zero-order valence-corrected chi connectivity index (χ0v) is 21.9. The lowest BCUT2D eigenvalue weighted by Crippen LogP contribution is -2.08. The van der Waals surface area contributed by atoms with Gasteiger partial charge >= 0.3 is 5.97 Å². The number of ether oxygens (including phenoxy) is 2. The summed E-state index contributed by atoms with van der Waals surface area (Å²) in [6.45, 7) is 7.60. The Morgan fingerprint density at radius 1 is 0.914 bits per heavy atom. The molecular formula is C31H43NO3. The van der Waals surface area contributed by atoms with E-state index in [1.54, 1.807) is 6.08 Å². The predicted octanol–water partition coefficient (Wildman–Crippen LogP) is 8.56. The van der Waals surface area contributed by atoms with E-state index in [1.165, 1.54) is 51.0 Å². The highest BCUT2D eigenvalue weighted by Crippen LogP contribution is 2.19. The zero-order valence-electron chi connectivity index (χ0n) is 21.9. The van der Waals surface area contributed by atoms with Gasteiger partial charge in [-0.3, -0.25) is 4.99 Å². The third-order valence-corrected chi connectivity index (χ3v) is 6.04. The summed E-state index contributed by atoms with van der Waals surface area (Å²) in [6.07, 6.45) is 16.4. The number of unbranched alkanes of at least 4 members (excludes halogenated alkanes) is 7. The van der Waals surface area contributed by atoms with Crippen LogP contribution in [0.5, 0.6) is 5.75 Å². The van der Waals surface area contributed by atoms with E-state index < -0.39 is 0 Å². The number of hydrogen-bond acceptors (Lipinski definition) is 4. The monoisotopic (exact) mass is 477 g/mol. The molecule has 0 unspecified atom stereocenters. The molecule has 0 bridgehead atoms. The Balaban J connectivity index is 1.79. The van der Waals surface area contributed by atoms with Crippen molar-refractivity contribution in [3.8, 4) is 5.75 Å². The van der Waals surface area contributed by atoms with Crippen LogP contribution in [-0.4, -0.2) is 25.4 Å². The lowest BCUT2D eigenvalue weighted by Gasteiger charge is -2.09. The lowest BCUT2D eigenvalue weighted by atomic mass is 10.1. The summed E-state index contributed by atoms with van der Waals surface area (Å²) in [5, 5.41) is 0. The molecule has 1 atom stereocenters. The molecule has 0 saturated carbocycles. The van der Waals surface area contributed by atoms with Crippen molar-refractivity contribution in [2.24, 2.45) is 10.9 Å². The van der Waals surface area contributed by atoms with E-state index >= 15 is 0 Å². The first-order valence-electron chi connectivity index (χ1n) is 13.3. The summed E-state index contributed by atoms with van der Waals surface area (Å²) in [7, 11) is 0. The Morgan fingerprint density at radius 2 is 1.60 bits per heavy atom. The quantitative estimate of drug-likeness (QED) is 0.0992. The van der Waals surface area contributed by atoms with E-state index in [2.05, 4.69) is 25.8 Å². The minimum absolute atomic E-state index is 0.309. The fraction of sp³-hybridized carbons (Fsp3) is 0.484. The maximum atomic E-state index is 11.8. The number of hydrogen-bond donors (Lipinski definition) is 0. The molecule has 4 nitrogen and oxygen atoms in total. The molecule has 0 heterocycles. The van der Waals surface area contributed by atoms with E-state index in [9.17, 15) is 4.79 Å². The zero-order chi connectivity index (χ0) is 25.1. The van der Waals surface area contributed by atoms with Crippen molar-refractivity contribution in [2.75, 3.05) is 13.2 Å². The number of carbonyl (C=O) groups excluding carboxylic acids is 1. The molecule has 2 aromatic carbocycles. The summed E-state index contributed by atoms with van der Waals surface area (Å²) in [5.41, 5.74) is 2.75. The van der Waals surface area contributed by atoms with Crippen LogP contribution in [0.2, 0.25) is 0 Å². The van der Waals surface area contributed by atoms with Crippen molar-refractivity contribution >= 4 is 23.9 Å². The van der Waals surface area contributed by atoms with Crippen LogP contribution in [0.1, 0.15) is 89.7 Å². The SMILES string of the molecule is CCCCCCCCCCOc1ccccc1/C=N\c1ccc(/C=C/C(=O)OC[C@@H](C)CC)cc1. The van der Waals surface area contributed by atoms with Gasteiger partial charge in [0.25, 0.3) is 0 Å². The topological polar surface area (TPSA) is 47.9 Å². The van der Waals surface area contributed by atoms with Gasteiger partial charge in [0.1, 0.15) is 5.75 Å². The molecule has 0 fully saturated rings. The number of aliphatic imine (C=N–C) groups is 1. The molecule has 0 aliphatic heterocycles. The molecule has 2 rings (SSSR count). The molecule has 0 aromatic heterocycles. The highest BCUT2D eigenvalue weighted by Gasteiger charge is 2.03. The van der Waals surface area contributed by atoms with E-state index in [1.807, 2.05) is 54.7 Å². The van der Waals surface area contributed by atoms with Gasteiger partial charge in [0, 0.05) is 17.9 Å². The molecule has 0 spiro atoms. The molecule has 0 N–H and O–H groups in total. The molecular weight excluding hydrogens is 434 g/mol. The fourth-order valence-corrected chi connectivity index (χ4v) is 3.51. The Bertz CT molecular complexity index is 902. The van der Waals surface area contributed by atoms with Gasteiger partial charge in [0.2, 0.25) is 0 Å². The van der Waals surface area contributed by atoms with Crippen LogP contribution in [0.25, 0.3) is 6.08 Å². The first-order valence-corrected chi connectivity index (χ1v) is 13.3. The second kappa shape index (κ2) is 17.5. The number of rotatable bonds is 17. The maximum Gasteiger partial charge on any atom is 0.330 e. The normalized spacial score (nSPS) is 12.3. The van der Waals surface area contributed by atoms with Gasteiger partial charge in [-0.15, -0.1) is 0 Å². The van der Waals surface area contributed by atoms with Crippen LogP contribution < -0.4 is 4.74 Å². The summed E-state index contributed by atoms with van der Waals surface area (Å²) in [4.78, 5) is 16.4. The Morgan fingerprint density at radius 3 is 2.31 bits per heavy atom. The van der Waals surface area contributed by atoms with Gasteiger partial charge in [-0.2, -0.15) is 0 Å². The highest BCUT2D eigenvalue weighted by molar-refractivity contribution is 5.87. The van der Waals surface area contributed by atoms with Crippen molar-refractivity contribution in [2.45, 2.75) is 78.6 Å². The summed E-state index contributed by atoms with van der Waals surface area (Å²) < 4.78 is 11.3. The molecule has 0 aliphatic rings. The van der Waals surface area contributed by atoms with E-state index in [0.717, 1.165) is 42.0 Å². The molecule has 190 valence electrons. The van der Waals surface area contributed by atoms with Crippen LogP contribution in [0.3, 0.4) is 0 Å². The molecule has 4 heteroatoms. The van der Waals surface area contributed by atoms with Crippen LogP contribution in [0.4, 0.5) is 5.69 Å². The Labute approximate surface area is 212 Å². The van der Waals surface area contributed by atoms with Crippen LogP contribution in [0.15, 0.2) is 59.6 Å². The molecule has 0 aliphatic carbocycles. The van der Waals surface area contributed by atoms with Crippen LogP contribution in [0, 0.1) is 5.92 Å². The molecule has 0 saturated heterocycles. The minimum Gasteiger partial charge on any atom is -0.493 e. The lowest BCUT2D eigenvalue weighted by molar-refractivity contribution is -0.138. The predicted molar refractivity (Wildman–Crippen MR) is 148 cm³/mol. The van der Waals surface area contributed by atoms with Crippen molar-refractivity contribution in [3.05, 3.63) is 65.7 Å². The van der Waals surface area contributed by atoms with E-state index in [-0.39, 0.29) is 5.97 Å². The number of nitrogens with zero attached hydrogens (tertiary/aromatic N) is 1. The largest absolute Gasteiger partial charge is 0.493 e. The smallest absolute Gasteiger partial charge is 0.330 e. The molecule has 2 aromatic rings. The van der Waals surface area contributed by atoms with E-state index in [0.29, 0.717) is 12.5 Å². The van der Waals surface area contributed by atoms with Gasteiger partial charge in [-0.25, -0.2) is 4.79 Å². The third kappa shape index (κ3) is 12.4. The van der Waals surface area contributed by atoms with Gasteiger partial charge in [0.05, 0.1) is 18.9 Å². The molecule has 0 amide bonds. The third-order valence-electron chi connectivity index (χ3n) is 6.04. The summed E-state index contributed by atoms with van der Waals surface area (Å²) in [5.74, 6) is 0.941. The average molecular weight is 478 g/mol. The van der Waals surface area contributed by atoms with Gasteiger partial charge < -0.3 is 9.47 Å². The van der Waals surface area contributed by atoms with Gasteiger partial charge in [-0.1, -0.05) is 96.4 Å². The standard InChI is InChI=1S/C31H43NO3/c1-4-6-7-8-9-10-11-14-23-34-30-16-13-12-15-28(30)24-32-29-20-17-27(18-21-29)19-22-31(33)35-25-26(3)5-2/h12-13,15-22,24,26H,4-11,14,23,25H2,1-3H3/b22-19+,32-24-/t26-/m0/s1. The van der Waals surface area contributed by atoms with E-state index in [4.69, 9.17) is 9.47 Å². The second-order valence-electron chi connectivity index (χ2n) is 9.19. The van der Waals surface area contributed by atoms with Crippen molar-refractivity contribution < 1.29 is 14.3 Å². The highest BCUT2D eigenvalue weighted by atomic mass is 16.5. The average Bonchev–Trinajstić information content (AvgIpc) is 2.89. The maximum absolute atomic E-state index is 11.8. The molecule has 0 radical (unpaired) electrons. The van der Waals surface area contributed by atoms with Gasteiger partial charge in [-0.05, 0) is 48.2 Å². The summed E-state index contributed by atoms with van der Waals surface area (Å²) in [6, 6.07) is 15.8. The Kier molecular flexibility index (Phi) is 14.2. The van der Waals surface area contributed by atoms with Crippen LogP contribution in [-0.2, 0) is 9.53 Å². The van der Waals surface area contributed by atoms with Gasteiger partial charge in [0.15, 0.2) is 0 Å². The summed E-state index contributed by atoms with van der Waals surface area (Å²) >= 11 is 0. The van der Waals surface area contributed by atoms with Crippen molar-refractivity contribution in [3.63, 3.8) is 0 Å². The fourth-order valence-electron chi connectivity index (χ4n) is 3.51. The second-order valence-corrected chi connectivity index (χ2v) is 9.19. The van der Waals surface area contributed by atoms with Crippen molar-refractivity contribution in [1.29, 1.82) is 0 Å². The number of para-hydroxylation sites is 1. The van der Waals surface area contributed by atoms with Crippen LogP contribution >= 0.6 is 0 Å². The number of benzene rings is 2. The first-order chi connectivity index (χ1) is 17.1. The number of carbonyl (C=O) groups is 1. The first kappa shape index (κ1) is 28.4. The van der Waals surface area contributed by atoms with Crippen molar-refractivity contribution in [1.82, 2.24) is 0 Å². The Hall–Kier alpha value is -2.88. The number of esters is 1. The minimum atomic E-state index is -0.309. The molecule has 35 heavy (non-hydrogen) atoms.